The molecular formula is C11H15NO3. The number of hydrogen-bond donors (Lipinski definition) is 0. The Kier molecular flexibility index (Phi) is 2.21. The third-order valence-corrected chi connectivity index (χ3v) is 2.19. The van der Waals surface area contributed by atoms with Gasteiger partial charge in [-0.2, -0.15) is 0 Å². The van der Waals surface area contributed by atoms with Crippen LogP contribution in [0.15, 0.2) is 16.7 Å². The van der Waals surface area contributed by atoms with Gasteiger partial charge in [-0.15, -0.1) is 0 Å². The van der Waals surface area contributed by atoms with Gasteiger partial charge in [0.1, 0.15) is 11.4 Å². The molecule has 0 fully saturated rings. The minimum Gasteiger partial charge on any atom is -0.467 e. The van der Waals surface area contributed by atoms with Crippen molar-refractivity contribution in [3.8, 4) is 0 Å². The highest BCUT2D eigenvalue weighted by Crippen LogP contribution is 2.24. The Bertz CT molecular complexity index is 355. The molecule has 15 heavy (non-hydrogen) atoms. The fourth-order valence-electron chi connectivity index (χ4n) is 1.54. The van der Waals surface area contributed by atoms with Crippen LogP contribution >= 0.6 is 0 Å². The van der Waals surface area contributed by atoms with Crippen LogP contribution in [0.3, 0.4) is 0 Å². The van der Waals surface area contributed by atoms with Crippen LogP contribution in [-0.2, 0) is 17.8 Å². The summed E-state index contributed by atoms with van der Waals surface area (Å²) in [5.41, 5.74) is 0.627. The van der Waals surface area contributed by atoms with Crippen LogP contribution in [0, 0.1) is 0 Å². The van der Waals surface area contributed by atoms with E-state index in [0.29, 0.717) is 13.1 Å². The fourth-order valence-corrected chi connectivity index (χ4v) is 1.54. The van der Waals surface area contributed by atoms with Gasteiger partial charge in [-0.25, -0.2) is 4.79 Å². The van der Waals surface area contributed by atoms with Crippen molar-refractivity contribution in [2.24, 2.45) is 0 Å². The monoisotopic (exact) mass is 209 g/mol. The van der Waals surface area contributed by atoms with Crippen molar-refractivity contribution in [2.45, 2.75) is 39.5 Å². The van der Waals surface area contributed by atoms with Gasteiger partial charge in [0.2, 0.25) is 0 Å². The maximum atomic E-state index is 11.7. The van der Waals surface area contributed by atoms with E-state index in [0.717, 1.165) is 11.3 Å². The molecule has 2 heterocycles. The molecule has 4 nitrogen and oxygen atoms in total. The van der Waals surface area contributed by atoms with Crippen molar-refractivity contribution >= 4 is 6.09 Å². The molecule has 0 N–H and O–H groups in total. The molecule has 0 atom stereocenters. The molecule has 1 aliphatic rings. The molecule has 0 aliphatic carbocycles. The van der Waals surface area contributed by atoms with Crippen molar-refractivity contribution in [3.05, 3.63) is 23.7 Å². The Morgan fingerprint density at radius 3 is 2.80 bits per heavy atom. The fraction of sp³-hybridized carbons (Fsp3) is 0.545. The van der Waals surface area contributed by atoms with Crippen LogP contribution in [0.25, 0.3) is 0 Å². The van der Waals surface area contributed by atoms with Gasteiger partial charge in [-0.1, -0.05) is 0 Å². The van der Waals surface area contributed by atoms with E-state index < -0.39 is 5.60 Å². The van der Waals surface area contributed by atoms with Gasteiger partial charge in [0.25, 0.3) is 0 Å². The Morgan fingerprint density at radius 2 is 2.20 bits per heavy atom. The molecule has 82 valence electrons. The summed E-state index contributed by atoms with van der Waals surface area (Å²) in [5, 5.41) is 0. The zero-order chi connectivity index (χ0) is 11.1. The highest BCUT2D eigenvalue weighted by atomic mass is 16.6. The number of ether oxygens (including phenoxy) is 1. The lowest BCUT2D eigenvalue weighted by molar-refractivity contribution is 0.0234. The van der Waals surface area contributed by atoms with E-state index in [2.05, 4.69) is 0 Å². The van der Waals surface area contributed by atoms with Gasteiger partial charge in [-0.3, -0.25) is 4.90 Å². The summed E-state index contributed by atoms with van der Waals surface area (Å²) in [5.74, 6) is 0.862. The maximum absolute atomic E-state index is 11.7. The van der Waals surface area contributed by atoms with E-state index in [1.54, 1.807) is 11.2 Å². The molecule has 0 radical (unpaired) electrons. The Morgan fingerprint density at radius 1 is 1.47 bits per heavy atom. The summed E-state index contributed by atoms with van der Waals surface area (Å²) < 4.78 is 10.5. The quantitative estimate of drug-likeness (QED) is 0.659. The number of nitrogens with zero attached hydrogens (tertiary/aromatic N) is 1. The van der Waals surface area contributed by atoms with Gasteiger partial charge < -0.3 is 9.15 Å². The number of amides is 1. The lowest BCUT2D eigenvalue weighted by atomic mass is 10.2. The van der Waals surface area contributed by atoms with Gasteiger partial charge in [0.05, 0.1) is 19.4 Å². The van der Waals surface area contributed by atoms with Crippen molar-refractivity contribution in [1.29, 1.82) is 0 Å². The summed E-state index contributed by atoms with van der Waals surface area (Å²) in [6, 6.07) is 1.89. The molecule has 1 aliphatic heterocycles. The Hall–Kier alpha value is -1.45. The maximum Gasteiger partial charge on any atom is 0.411 e. The second kappa shape index (κ2) is 3.29. The highest BCUT2D eigenvalue weighted by molar-refractivity contribution is 5.69. The predicted molar refractivity (Wildman–Crippen MR) is 54.2 cm³/mol. The molecule has 0 spiro atoms. The van der Waals surface area contributed by atoms with Crippen molar-refractivity contribution < 1.29 is 13.9 Å². The zero-order valence-electron chi connectivity index (χ0n) is 9.24. The summed E-state index contributed by atoms with van der Waals surface area (Å²) in [6.07, 6.45) is 1.37. The predicted octanol–water partition coefficient (Wildman–Crippen LogP) is 2.53. The molecule has 1 amide bonds. The number of furan rings is 1. The van der Waals surface area contributed by atoms with Crippen LogP contribution in [0.5, 0.6) is 0 Å². The van der Waals surface area contributed by atoms with E-state index in [9.17, 15) is 4.79 Å². The minimum absolute atomic E-state index is 0.283. The van der Waals surface area contributed by atoms with E-state index in [1.165, 1.54) is 0 Å². The Labute approximate surface area is 88.8 Å². The largest absolute Gasteiger partial charge is 0.467 e. The first-order chi connectivity index (χ1) is 6.96. The van der Waals surface area contributed by atoms with E-state index in [1.807, 2.05) is 26.8 Å². The van der Waals surface area contributed by atoms with Crippen LogP contribution < -0.4 is 0 Å². The lowest BCUT2D eigenvalue weighted by Crippen LogP contribution is -2.33. The minimum atomic E-state index is -0.444. The molecule has 0 aromatic carbocycles. The van der Waals surface area contributed by atoms with Crippen molar-refractivity contribution in [3.63, 3.8) is 0 Å². The van der Waals surface area contributed by atoms with Crippen LogP contribution in [0.4, 0.5) is 4.79 Å². The van der Waals surface area contributed by atoms with Crippen molar-refractivity contribution in [2.75, 3.05) is 0 Å². The highest BCUT2D eigenvalue weighted by Gasteiger charge is 2.29. The second-order valence-electron chi connectivity index (χ2n) is 4.71. The van der Waals surface area contributed by atoms with E-state index >= 15 is 0 Å². The molecule has 0 unspecified atom stereocenters. The second-order valence-corrected chi connectivity index (χ2v) is 4.71. The van der Waals surface area contributed by atoms with E-state index in [-0.39, 0.29) is 6.09 Å². The smallest absolute Gasteiger partial charge is 0.411 e. The molecule has 0 saturated heterocycles. The molecule has 1 aromatic heterocycles. The lowest BCUT2D eigenvalue weighted by Gasteiger charge is -2.23. The normalized spacial score (nSPS) is 15.3. The summed E-state index contributed by atoms with van der Waals surface area (Å²) in [7, 11) is 0. The number of fused-ring (bicyclic) bond motifs is 1. The SMILES string of the molecule is CC(C)(C)OC(=O)N1Cc2ccoc2C1. The molecule has 0 bridgehead atoms. The molecule has 0 saturated carbocycles. The van der Waals surface area contributed by atoms with Gasteiger partial charge >= 0.3 is 6.09 Å². The topological polar surface area (TPSA) is 42.7 Å². The van der Waals surface area contributed by atoms with Crippen LogP contribution in [0.1, 0.15) is 32.1 Å². The summed E-state index contributed by atoms with van der Waals surface area (Å²) in [4.78, 5) is 13.3. The average Bonchev–Trinajstić information content (AvgIpc) is 2.56. The molecule has 1 aromatic rings. The molecular weight excluding hydrogens is 194 g/mol. The zero-order valence-corrected chi connectivity index (χ0v) is 9.24. The first-order valence-electron chi connectivity index (χ1n) is 4.99. The summed E-state index contributed by atoms with van der Waals surface area (Å²) in [6.45, 7) is 6.67. The van der Waals surface area contributed by atoms with E-state index in [4.69, 9.17) is 9.15 Å². The number of carbonyl (C=O) groups is 1. The molecule has 4 heteroatoms. The van der Waals surface area contributed by atoms with Gasteiger partial charge in [0, 0.05) is 5.56 Å². The van der Waals surface area contributed by atoms with Gasteiger partial charge in [-0.05, 0) is 26.8 Å². The average molecular weight is 209 g/mol. The van der Waals surface area contributed by atoms with Gasteiger partial charge in [0.15, 0.2) is 0 Å². The number of carbonyl (C=O) groups excluding carboxylic acids is 1. The number of hydrogen-bond acceptors (Lipinski definition) is 3. The third kappa shape index (κ3) is 2.14. The summed E-state index contributed by atoms with van der Waals surface area (Å²) >= 11 is 0. The van der Waals surface area contributed by atoms with Crippen LogP contribution in [0.2, 0.25) is 0 Å². The van der Waals surface area contributed by atoms with Crippen molar-refractivity contribution in [1.82, 2.24) is 4.90 Å². The first-order valence-corrected chi connectivity index (χ1v) is 4.99. The standard InChI is InChI=1S/C11H15NO3/c1-11(2,3)15-10(13)12-6-8-4-5-14-9(8)7-12/h4-5H,6-7H2,1-3H3. The third-order valence-electron chi connectivity index (χ3n) is 2.19. The number of rotatable bonds is 0. The Balaban J connectivity index is 1.98. The first kappa shape index (κ1) is 10.1. The van der Waals surface area contributed by atoms with Crippen LogP contribution in [-0.4, -0.2) is 16.6 Å². The molecule has 2 rings (SSSR count).